The predicted molar refractivity (Wildman–Crippen MR) is 66.0 cm³/mol. The molecule has 0 aliphatic heterocycles. The van der Waals surface area contributed by atoms with Crippen molar-refractivity contribution in [3.8, 4) is 0 Å². The van der Waals surface area contributed by atoms with Crippen LogP contribution >= 0.6 is 0 Å². The van der Waals surface area contributed by atoms with Crippen LogP contribution in [0.3, 0.4) is 0 Å². The van der Waals surface area contributed by atoms with Crippen LogP contribution in [0.5, 0.6) is 0 Å². The van der Waals surface area contributed by atoms with Gasteiger partial charge in [-0.15, -0.1) is 0 Å². The van der Waals surface area contributed by atoms with E-state index in [-0.39, 0.29) is 18.0 Å². The molecule has 0 aliphatic rings. The Labute approximate surface area is 112 Å². The van der Waals surface area contributed by atoms with E-state index in [4.69, 9.17) is 4.42 Å². The van der Waals surface area contributed by atoms with Gasteiger partial charge in [0, 0.05) is 11.8 Å². The lowest BCUT2D eigenvalue weighted by molar-refractivity contribution is -0.115. The SMILES string of the molecule is O=C(CNC(=O)c1ccco1)Nc1cc(F)cc(F)c1. The zero-order chi connectivity index (χ0) is 14.5. The highest BCUT2D eigenvalue weighted by Crippen LogP contribution is 2.12. The van der Waals surface area contributed by atoms with Crippen molar-refractivity contribution in [2.24, 2.45) is 0 Å². The largest absolute Gasteiger partial charge is 0.459 e. The molecule has 0 radical (unpaired) electrons. The van der Waals surface area contributed by atoms with Gasteiger partial charge in [0.1, 0.15) is 11.6 Å². The Balaban J connectivity index is 1.88. The van der Waals surface area contributed by atoms with Gasteiger partial charge in [-0.05, 0) is 24.3 Å². The Kier molecular flexibility index (Phi) is 4.09. The fraction of sp³-hybridized carbons (Fsp3) is 0.0769. The minimum atomic E-state index is -0.806. The van der Waals surface area contributed by atoms with Gasteiger partial charge in [-0.2, -0.15) is 0 Å². The summed E-state index contributed by atoms with van der Waals surface area (Å²) in [7, 11) is 0. The molecule has 0 aliphatic carbocycles. The second kappa shape index (κ2) is 5.96. The zero-order valence-corrected chi connectivity index (χ0v) is 10.2. The van der Waals surface area contributed by atoms with Crippen LogP contribution in [0.15, 0.2) is 41.0 Å². The van der Waals surface area contributed by atoms with E-state index in [1.54, 1.807) is 0 Å². The molecular formula is C13H10F2N2O3. The van der Waals surface area contributed by atoms with Gasteiger partial charge < -0.3 is 15.1 Å². The number of rotatable bonds is 4. The van der Waals surface area contributed by atoms with E-state index in [1.165, 1.54) is 18.4 Å². The van der Waals surface area contributed by atoms with Crippen molar-refractivity contribution in [3.63, 3.8) is 0 Å². The highest BCUT2D eigenvalue weighted by Gasteiger charge is 2.10. The molecular weight excluding hydrogens is 270 g/mol. The predicted octanol–water partition coefficient (Wildman–Crippen LogP) is 1.93. The van der Waals surface area contributed by atoms with E-state index in [0.717, 1.165) is 12.1 Å². The van der Waals surface area contributed by atoms with E-state index in [1.807, 2.05) is 0 Å². The number of carbonyl (C=O) groups is 2. The van der Waals surface area contributed by atoms with Crippen molar-refractivity contribution in [3.05, 3.63) is 54.0 Å². The maximum Gasteiger partial charge on any atom is 0.287 e. The first kappa shape index (κ1) is 13.7. The van der Waals surface area contributed by atoms with E-state index >= 15 is 0 Å². The van der Waals surface area contributed by atoms with Crippen LogP contribution in [0.1, 0.15) is 10.6 Å². The Morgan fingerprint density at radius 3 is 2.45 bits per heavy atom. The highest BCUT2D eigenvalue weighted by atomic mass is 19.1. The van der Waals surface area contributed by atoms with Gasteiger partial charge in [-0.1, -0.05) is 0 Å². The monoisotopic (exact) mass is 280 g/mol. The summed E-state index contributed by atoms with van der Waals surface area (Å²) in [5.41, 5.74) is -0.0280. The average molecular weight is 280 g/mol. The summed E-state index contributed by atoms with van der Waals surface area (Å²) in [5, 5.41) is 4.56. The molecule has 2 rings (SSSR count). The zero-order valence-electron chi connectivity index (χ0n) is 10.2. The maximum absolute atomic E-state index is 12.9. The van der Waals surface area contributed by atoms with Crippen LogP contribution in [0.25, 0.3) is 0 Å². The van der Waals surface area contributed by atoms with Gasteiger partial charge in [0.15, 0.2) is 5.76 Å². The van der Waals surface area contributed by atoms with E-state index in [0.29, 0.717) is 6.07 Å². The molecule has 0 saturated carbocycles. The molecule has 2 N–H and O–H groups in total. The average Bonchev–Trinajstić information content (AvgIpc) is 2.88. The highest BCUT2D eigenvalue weighted by molar-refractivity contribution is 5.97. The van der Waals surface area contributed by atoms with Gasteiger partial charge in [-0.3, -0.25) is 9.59 Å². The smallest absolute Gasteiger partial charge is 0.287 e. The number of furan rings is 1. The molecule has 0 atom stereocenters. The van der Waals surface area contributed by atoms with Crippen LogP contribution in [-0.2, 0) is 4.79 Å². The van der Waals surface area contributed by atoms with Crippen LogP contribution in [0.4, 0.5) is 14.5 Å². The first-order valence-electron chi connectivity index (χ1n) is 5.62. The molecule has 0 bridgehead atoms. The fourth-order valence-corrected chi connectivity index (χ4v) is 1.49. The maximum atomic E-state index is 12.9. The van der Waals surface area contributed by atoms with Gasteiger partial charge in [0.25, 0.3) is 5.91 Å². The number of nitrogens with one attached hydrogen (secondary N) is 2. The number of carbonyl (C=O) groups excluding carboxylic acids is 2. The molecule has 7 heteroatoms. The topological polar surface area (TPSA) is 71.3 Å². The summed E-state index contributed by atoms with van der Waals surface area (Å²) in [6.45, 7) is -0.350. The number of hydrogen-bond donors (Lipinski definition) is 2. The van der Waals surface area contributed by atoms with E-state index < -0.39 is 23.4 Å². The number of amides is 2. The van der Waals surface area contributed by atoms with Crippen molar-refractivity contribution < 1.29 is 22.8 Å². The third-order valence-electron chi connectivity index (χ3n) is 2.30. The summed E-state index contributed by atoms with van der Waals surface area (Å²) in [6.07, 6.45) is 1.32. The quantitative estimate of drug-likeness (QED) is 0.898. The standard InChI is InChI=1S/C13H10F2N2O3/c14-8-4-9(15)6-10(5-8)17-12(18)7-16-13(19)11-2-1-3-20-11/h1-6H,7H2,(H,16,19)(H,17,18). The van der Waals surface area contributed by atoms with Gasteiger partial charge in [0.2, 0.25) is 5.91 Å². The molecule has 104 valence electrons. The normalized spacial score (nSPS) is 10.1. The molecule has 1 heterocycles. The second-order valence-corrected chi connectivity index (χ2v) is 3.87. The van der Waals surface area contributed by atoms with E-state index in [2.05, 4.69) is 10.6 Å². The Morgan fingerprint density at radius 2 is 1.85 bits per heavy atom. The Hall–Kier alpha value is -2.70. The molecule has 2 aromatic rings. The second-order valence-electron chi connectivity index (χ2n) is 3.87. The van der Waals surface area contributed by atoms with Crippen molar-refractivity contribution in [1.29, 1.82) is 0 Å². The summed E-state index contributed by atoms with van der Waals surface area (Å²) in [6, 6.07) is 5.60. The van der Waals surface area contributed by atoms with Crippen LogP contribution in [0, 0.1) is 11.6 Å². The first-order valence-corrected chi connectivity index (χ1v) is 5.62. The summed E-state index contributed by atoms with van der Waals surface area (Å²) < 4.78 is 30.6. The van der Waals surface area contributed by atoms with Gasteiger partial charge in [-0.25, -0.2) is 8.78 Å². The number of halogens is 2. The first-order chi connectivity index (χ1) is 9.54. The van der Waals surface area contributed by atoms with E-state index in [9.17, 15) is 18.4 Å². The van der Waals surface area contributed by atoms with Gasteiger partial charge >= 0.3 is 0 Å². The van der Waals surface area contributed by atoms with Gasteiger partial charge in [0.05, 0.1) is 12.8 Å². The molecule has 0 unspecified atom stereocenters. The lowest BCUT2D eigenvalue weighted by atomic mass is 10.3. The minimum absolute atomic E-state index is 0.0280. The minimum Gasteiger partial charge on any atom is -0.459 e. The molecule has 0 spiro atoms. The molecule has 0 fully saturated rings. The van der Waals surface area contributed by atoms with Crippen molar-refractivity contribution in [2.45, 2.75) is 0 Å². The third-order valence-corrected chi connectivity index (χ3v) is 2.30. The summed E-state index contributed by atoms with van der Waals surface area (Å²) in [4.78, 5) is 23.0. The number of anilines is 1. The fourth-order valence-electron chi connectivity index (χ4n) is 1.49. The molecule has 0 saturated heterocycles. The summed E-state index contributed by atoms with van der Waals surface area (Å²) in [5.74, 6) is -2.72. The third kappa shape index (κ3) is 3.64. The lowest BCUT2D eigenvalue weighted by Gasteiger charge is -2.06. The molecule has 2 amide bonds. The van der Waals surface area contributed by atoms with Crippen molar-refractivity contribution in [1.82, 2.24) is 5.32 Å². The Morgan fingerprint density at radius 1 is 1.15 bits per heavy atom. The van der Waals surface area contributed by atoms with Crippen LogP contribution in [0.2, 0.25) is 0 Å². The molecule has 20 heavy (non-hydrogen) atoms. The lowest BCUT2D eigenvalue weighted by Crippen LogP contribution is -2.32. The molecule has 1 aromatic carbocycles. The Bertz CT molecular complexity index is 606. The van der Waals surface area contributed by atoms with Crippen molar-refractivity contribution in [2.75, 3.05) is 11.9 Å². The molecule has 5 nitrogen and oxygen atoms in total. The van der Waals surface area contributed by atoms with Crippen LogP contribution < -0.4 is 10.6 Å². The van der Waals surface area contributed by atoms with Crippen LogP contribution in [-0.4, -0.2) is 18.4 Å². The van der Waals surface area contributed by atoms with Crippen molar-refractivity contribution >= 4 is 17.5 Å². The number of hydrogen-bond acceptors (Lipinski definition) is 3. The summed E-state index contributed by atoms with van der Waals surface area (Å²) >= 11 is 0. The molecule has 1 aromatic heterocycles. The number of benzene rings is 1.